The molecule has 1 aromatic heterocycles. The molecule has 2 aromatic rings. The number of hydrogen-bond acceptors (Lipinski definition) is 6. The van der Waals surface area contributed by atoms with E-state index in [1.54, 1.807) is 7.11 Å². The number of methoxy groups -OCH3 is 1. The van der Waals surface area contributed by atoms with Crippen LogP contribution in [0, 0.1) is 4.91 Å². The number of nitroso groups, excluding NO2 is 1. The van der Waals surface area contributed by atoms with Gasteiger partial charge < -0.3 is 19.8 Å². The van der Waals surface area contributed by atoms with Gasteiger partial charge in [-0.15, -0.1) is 4.91 Å². The van der Waals surface area contributed by atoms with Crippen LogP contribution < -0.4 is 20.6 Å². The van der Waals surface area contributed by atoms with Crippen molar-refractivity contribution >= 4 is 5.91 Å². The van der Waals surface area contributed by atoms with Gasteiger partial charge >= 0.3 is 5.91 Å². The minimum Gasteiger partial charge on any atom is -0.493 e. The van der Waals surface area contributed by atoms with Crippen LogP contribution in [-0.2, 0) is 6.42 Å². The van der Waals surface area contributed by atoms with Crippen LogP contribution in [-0.4, -0.2) is 30.7 Å². The lowest BCUT2D eigenvalue weighted by molar-refractivity contribution is 0.0999. The molecule has 0 saturated heterocycles. The second-order valence-electron chi connectivity index (χ2n) is 6.30. The number of nitrogens with zero attached hydrogens (tertiary/aromatic N) is 2. The molecule has 1 aliphatic rings. The van der Waals surface area contributed by atoms with Crippen molar-refractivity contribution in [3.8, 4) is 22.8 Å². The molecule has 27 heavy (non-hydrogen) atoms. The molecule has 0 saturated carbocycles. The first-order chi connectivity index (χ1) is 13.0. The molecule has 142 valence electrons. The lowest BCUT2D eigenvalue weighted by Gasteiger charge is -2.31. The zero-order valence-electron chi connectivity index (χ0n) is 15.2. The van der Waals surface area contributed by atoms with Gasteiger partial charge in [0.2, 0.25) is 0 Å². The van der Waals surface area contributed by atoms with Crippen molar-refractivity contribution in [3.63, 3.8) is 0 Å². The largest absolute Gasteiger partial charge is 0.493 e. The Morgan fingerprint density at radius 2 is 2.11 bits per heavy atom. The Kier molecular flexibility index (Phi) is 5.36. The van der Waals surface area contributed by atoms with Crippen LogP contribution in [0.2, 0.25) is 0 Å². The van der Waals surface area contributed by atoms with E-state index in [2.05, 4.69) is 5.18 Å². The standard InChI is InChI=1S/C19H21N3O5/c1-3-12-6-11-7-18(27-5-4-20)17(26-2)8-13(11)15-9-16(23)14(10-22(12)15)19(24)21-25/h7-10,12H,3-6,20H2,1-2H3. The van der Waals surface area contributed by atoms with Crippen molar-refractivity contribution in [2.45, 2.75) is 25.8 Å². The Labute approximate surface area is 155 Å². The van der Waals surface area contributed by atoms with Gasteiger partial charge in [0.1, 0.15) is 12.2 Å². The van der Waals surface area contributed by atoms with Crippen LogP contribution >= 0.6 is 0 Å². The Hall–Kier alpha value is -3.00. The second-order valence-corrected chi connectivity index (χ2v) is 6.30. The highest BCUT2D eigenvalue weighted by molar-refractivity contribution is 5.94. The quantitative estimate of drug-likeness (QED) is 0.780. The van der Waals surface area contributed by atoms with Gasteiger partial charge in [-0.25, -0.2) is 0 Å². The third-order valence-corrected chi connectivity index (χ3v) is 4.75. The molecule has 0 radical (unpaired) electrons. The number of ether oxygens (including phenoxy) is 2. The zero-order valence-corrected chi connectivity index (χ0v) is 15.2. The number of fused-ring (bicyclic) bond motifs is 3. The zero-order chi connectivity index (χ0) is 19.6. The summed E-state index contributed by atoms with van der Waals surface area (Å²) in [5, 5.41) is 2.38. The molecule has 0 fully saturated rings. The average molecular weight is 371 g/mol. The first kappa shape index (κ1) is 18.8. The minimum absolute atomic E-state index is 0.0297. The molecule has 1 atom stereocenters. The van der Waals surface area contributed by atoms with Crippen LogP contribution in [0.15, 0.2) is 34.4 Å². The number of hydrogen-bond donors (Lipinski definition) is 1. The SMILES string of the molecule is CCC1Cc2cc(OCCN)c(OC)cc2-c2cc(=O)c(C(=O)N=O)cn21. The smallest absolute Gasteiger partial charge is 0.322 e. The van der Waals surface area contributed by atoms with Crippen LogP contribution in [0.25, 0.3) is 11.3 Å². The summed E-state index contributed by atoms with van der Waals surface area (Å²) >= 11 is 0. The number of rotatable bonds is 6. The molecule has 2 heterocycles. The molecule has 1 aromatic carbocycles. The van der Waals surface area contributed by atoms with E-state index in [0.29, 0.717) is 36.8 Å². The molecule has 0 spiro atoms. The maximum Gasteiger partial charge on any atom is 0.322 e. The molecule has 2 N–H and O–H groups in total. The third-order valence-electron chi connectivity index (χ3n) is 4.75. The van der Waals surface area contributed by atoms with Crippen LogP contribution in [0.1, 0.15) is 35.3 Å². The van der Waals surface area contributed by atoms with Crippen molar-refractivity contribution in [2.75, 3.05) is 20.3 Å². The minimum atomic E-state index is -1.06. The summed E-state index contributed by atoms with van der Waals surface area (Å²) in [7, 11) is 1.54. The van der Waals surface area contributed by atoms with Crippen molar-refractivity contribution < 1.29 is 14.3 Å². The number of aromatic nitrogens is 1. The normalized spacial score (nSPS) is 14.9. The Bertz CT molecular complexity index is 951. The topological polar surface area (TPSA) is 113 Å². The van der Waals surface area contributed by atoms with E-state index in [1.165, 1.54) is 12.3 Å². The summed E-state index contributed by atoms with van der Waals surface area (Å²) in [5.41, 5.74) is 7.28. The molecule has 1 unspecified atom stereocenters. The molecule has 8 heteroatoms. The predicted octanol–water partition coefficient (Wildman–Crippen LogP) is 2.28. The van der Waals surface area contributed by atoms with E-state index in [0.717, 1.165) is 17.5 Å². The molecule has 8 nitrogen and oxygen atoms in total. The van der Waals surface area contributed by atoms with Crippen molar-refractivity contribution in [2.24, 2.45) is 10.9 Å². The number of nitrogens with two attached hydrogens (primary N) is 1. The Morgan fingerprint density at radius 3 is 2.74 bits per heavy atom. The third kappa shape index (κ3) is 3.35. The summed E-state index contributed by atoms with van der Waals surface area (Å²) in [5.74, 6) is 0.0780. The average Bonchev–Trinajstić information content (AvgIpc) is 2.69. The summed E-state index contributed by atoms with van der Waals surface area (Å²) < 4.78 is 13.0. The molecular weight excluding hydrogens is 350 g/mol. The lowest BCUT2D eigenvalue weighted by atomic mass is 9.90. The summed E-state index contributed by atoms with van der Waals surface area (Å²) in [4.78, 5) is 34.6. The molecular formula is C19H21N3O5. The summed E-state index contributed by atoms with van der Waals surface area (Å²) in [6.45, 7) is 2.77. The molecule has 1 aliphatic heterocycles. The van der Waals surface area contributed by atoms with E-state index in [1.807, 2.05) is 23.6 Å². The summed E-state index contributed by atoms with van der Waals surface area (Å²) in [6.07, 6.45) is 2.90. The molecule has 0 bridgehead atoms. The monoisotopic (exact) mass is 371 g/mol. The number of amides is 1. The van der Waals surface area contributed by atoms with Crippen LogP contribution in [0.3, 0.4) is 0 Å². The highest BCUT2D eigenvalue weighted by atomic mass is 16.5. The first-order valence-electron chi connectivity index (χ1n) is 8.72. The number of pyridine rings is 1. The lowest BCUT2D eigenvalue weighted by Crippen LogP contribution is -2.25. The number of carbonyl (C=O) groups is 1. The van der Waals surface area contributed by atoms with Crippen molar-refractivity contribution in [1.82, 2.24) is 4.57 Å². The Morgan fingerprint density at radius 1 is 1.33 bits per heavy atom. The van der Waals surface area contributed by atoms with E-state index in [-0.39, 0.29) is 11.6 Å². The highest BCUT2D eigenvalue weighted by Gasteiger charge is 2.27. The fourth-order valence-electron chi connectivity index (χ4n) is 3.42. The predicted molar refractivity (Wildman–Crippen MR) is 100 cm³/mol. The van der Waals surface area contributed by atoms with Gasteiger partial charge in [0, 0.05) is 35.6 Å². The van der Waals surface area contributed by atoms with Crippen LogP contribution in [0.5, 0.6) is 11.5 Å². The molecule has 3 rings (SSSR count). The maximum absolute atomic E-state index is 12.4. The maximum atomic E-state index is 12.4. The molecule has 0 aliphatic carbocycles. The first-order valence-corrected chi connectivity index (χ1v) is 8.72. The second kappa shape index (κ2) is 7.71. The highest BCUT2D eigenvalue weighted by Crippen LogP contribution is 2.41. The van der Waals surface area contributed by atoms with Gasteiger partial charge in [-0.1, -0.05) is 6.92 Å². The van der Waals surface area contributed by atoms with Crippen LogP contribution in [0.4, 0.5) is 0 Å². The molecule has 1 amide bonds. The Balaban J connectivity index is 2.20. The van der Waals surface area contributed by atoms with Gasteiger partial charge in [-0.3, -0.25) is 9.59 Å². The van der Waals surface area contributed by atoms with Crippen molar-refractivity contribution in [3.05, 3.63) is 50.7 Å². The number of benzene rings is 1. The fraction of sp³-hybridized carbons (Fsp3) is 0.368. The van der Waals surface area contributed by atoms with Gasteiger partial charge in [0.05, 0.1) is 12.8 Å². The van der Waals surface area contributed by atoms with Gasteiger partial charge in [-0.05, 0) is 30.5 Å². The summed E-state index contributed by atoms with van der Waals surface area (Å²) in [6, 6.07) is 5.13. The van der Waals surface area contributed by atoms with Crippen molar-refractivity contribution in [1.29, 1.82) is 0 Å². The van der Waals surface area contributed by atoms with E-state index >= 15 is 0 Å². The number of carbonyl (C=O) groups excluding carboxylic acids is 1. The van der Waals surface area contributed by atoms with E-state index < -0.39 is 11.3 Å². The van der Waals surface area contributed by atoms with Gasteiger partial charge in [-0.2, -0.15) is 0 Å². The van der Waals surface area contributed by atoms with Gasteiger partial charge in [0.15, 0.2) is 16.9 Å². The fourth-order valence-corrected chi connectivity index (χ4v) is 3.42. The van der Waals surface area contributed by atoms with E-state index in [9.17, 15) is 14.5 Å². The van der Waals surface area contributed by atoms with Gasteiger partial charge in [0.25, 0.3) is 0 Å². The van der Waals surface area contributed by atoms with E-state index in [4.69, 9.17) is 15.2 Å².